The van der Waals surface area contributed by atoms with Crippen molar-refractivity contribution in [3.05, 3.63) is 71.3 Å². The lowest BCUT2D eigenvalue weighted by Gasteiger charge is -2.13. The van der Waals surface area contributed by atoms with Crippen molar-refractivity contribution >= 4 is 11.9 Å². The third kappa shape index (κ3) is 4.62. The van der Waals surface area contributed by atoms with Crippen molar-refractivity contribution in [1.29, 1.82) is 0 Å². The van der Waals surface area contributed by atoms with Crippen LogP contribution in [0.3, 0.4) is 0 Å². The van der Waals surface area contributed by atoms with Gasteiger partial charge in [0.25, 0.3) is 5.91 Å². The first kappa shape index (κ1) is 17.6. The minimum atomic E-state index is -1.21. The predicted octanol–water partition coefficient (Wildman–Crippen LogP) is 3.04. The number of hydrogen-bond donors (Lipinski definition) is 1. The van der Waals surface area contributed by atoms with Gasteiger partial charge in [-0.1, -0.05) is 43.3 Å². The number of esters is 1. The van der Waals surface area contributed by atoms with E-state index in [1.54, 1.807) is 0 Å². The molecule has 0 aromatic heterocycles. The van der Waals surface area contributed by atoms with Gasteiger partial charge in [-0.25, -0.2) is 13.6 Å². The van der Waals surface area contributed by atoms with E-state index in [1.165, 1.54) is 0 Å². The number of hydrogen-bond acceptors (Lipinski definition) is 3. The zero-order valence-corrected chi connectivity index (χ0v) is 13.1. The first-order valence-electron chi connectivity index (χ1n) is 7.42. The van der Waals surface area contributed by atoms with Crippen LogP contribution in [0.15, 0.2) is 48.5 Å². The largest absolute Gasteiger partial charge is 0.452 e. The number of carbonyl (C=O) groups excluding carboxylic acids is 2. The monoisotopic (exact) mass is 333 g/mol. The maximum Gasteiger partial charge on any atom is 0.344 e. The van der Waals surface area contributed by atoms with E-state index in [-0.39, 0.29) is 5.92 Å². The van der Waals surface area contributed by atoms with Crippen LogP contribution in [-0.2, 0) is 9.53 Å². The zero-order valence-electron chi connectivity index (χ0n) is 13.1. The Morgan fingerprint density at radius 1 is 1.04 bits per heavy atom. The molecular formula is C18H17F2NO3. The van der Waals surface area contributed by atoms with Crippen molar-refractivity contribution in [3.63, 3.8) is 0 Å². The van der Waals surface area contributed by atoms with Crippen molar-refractivity contribution in [2.75, 3.05) is 13.2 Å². The van der Waals surface area contributed by atoms with E-state index in [4.69, 9.17) is 0 Å². The fourth-order valence-corrected chi connectivity index (χ4v) is 2.11. The van der Waals surface area contributed by atoms with Crippen LogP contribution in [-0.4, -0.2) is 25.0 Å². The highest BCUT2D eigenvalue weighted by Gasteiger charge is 2.19. The SMILES string of the molecule is C[C@H](CNC(=O)COC(=O)c1c(F)cccc1F)c1ccccc1. The van der Waals surface area contributed by atoms with E-state index in [0.717, 1.165) is 23.8 Å². The van der Waals surface area contributed by atoms with Gasteiger partial charge in [-0.05, 0) is 23.6 Å². The molecule has 2 rings (SSSR count). The Balaban J connectivity index is 1.82. The number of nitrogens with one attached hydrogen (secondary N) is 1. The lowest BCUT2D eigenvalue weighted by Crippen LogP contribution is -2.32. The van der Waals surface area contributed by atoms with Gasteiger partial charge in [0.05, 0.1) is 0 Å². The van der Waals surface area contributed by atoms with Crippen LogP contribution in [0, 0.1) is 11.6 Å². The van der Waals surface area contributed by atoms with Crippen LogP contribution >= 0.6 is 0 Å². The summed E-state index contributed by atoms with van der Waals surface area (Å²) in [5.41, 5.74) is 0.256. The van der Waals surface area contributed by atoms with Gasteiger partial charge in [0.1, 0.15) is 17.2 Å². The van der Waals surface area contributed by atoms with E-state index < -0.39 is 35.7 Å². The lowest BCUT2D eigenvalue weighted by atomic mass is 10.0. The van der Waals surface area contributed by atoms with E-state index in [1.807, 2.05) is 37.3 Å². The Bertz CT molecular complexity index is 699. The first-order chi connectivity index (χ1) is 11.5. The smallest absolute Gasteiger partial charge is 0.344 e. The Hall–Kier alpha value is -2.76. The third-order valence-corrected chi connectivity index (χ3v) is 3.48. The second kappa shape index (κ2) is 8.19. The Kier molecular flexibility index (Phi) is 6.01. The summed E-state index contributed by atoms with van der Waals surface area (Å²) in [7, 11) is 0. The minimum Gasteiger partial charge on any atom is -0.452 e. The first-order valence-corrected chi connectivity index (χ1v) is 7.42. The second-order valence-corrected chi connectivity index (χ2v) is 5.29. The molecular weight excluding hydrogens is 316 g/mol. The number of rotatable bonds is 6. The predicted molar refractivity (Wildman–Crippen MR) is 84.5 cm³/mol. The van der Waals surface area contributed by atoms with E-state index in [0.29, 0.717) is 6.54 Å². The average molecular weight is 333 g/mol. The highest BCUT2D eigenvalue weighted by Crippen LogP contribution is 2.14. The molecule has 0 aliphatic heterocycles. The van der Waals surface area contributed by atoms with Crippen LogP contribution in [0.25, 0.3) is 0 Å². The summed E-state index contributed by atoms with van der Waals surface area (Å²) in [5, 5.41) is 2.61. The molecule has 0 saturated heterocycles. The molecule has 0 fully saturated rings. The van der Waals surface area contributed by atoms with Gasteiger partial charge in [0.2, 0.25) is 0 Å². The standard InChI is InChI=1S/C18H17F2NO3/c1-12(13-6-3-2-4-7-13)10-21-16(22)11-24-18(23)17-14(19)8-5-9-15(17)20/h2-9,12H,10-11H2,1H3,(H,21,22)/t12-/m1/s1. The Morgan fingerprint density at radius 2 is 1.67 bits per heavy atom. The van der Waals surface area contributed by atoms with Crippen molar-refractivity contribution in [3.8, 4) is 0 Å². The Labute approximate surface area is 138 Å². The van der Waals surface area contributed by atoms with Gasteiger partial charge in [0.15, 0.2) is 6.61 Å². The highest BCUT2D eigenvalue weighted by atomic mass is 19.1. The van der Waals surface area contributed by atoms with Crippen molar-refractivity contribution in [2.24, 2.45) is 0 Å². The van der Waals surface area contributed by atoms with E-state index in [9.17, 15) is 18.4 Å². The molecule has 0 heterocycles. The average Bonchev–Trinajstić information content (AvgIpc) is 2.58. The molecule has 0 spiro atoms. The molecule has 0 aliphatic carbocycles. The molecule has 0 saturated carbocycles. The molecule has 1 N–H and O–H groups in total. The van der Waals surface area contributed by atoms with Crippen LogP contribution in [0.5, 0.6) is 0 Å². The summed E-state index contributed by atoms with van der Waals surface area (Å²) < 4.78 is 31.5. The van der Waals surface area contributed by atoms with Crippen LogP contribution in [0.1, 0.15) is 28.8 Å². The molecule has 1 amide bonds. The minimum absolute atomic E-state index is 0.0786. The van der Waals surface area contributed by atoms with Crippen molar-refractivity contribution in [1.82, 2.24) is 5.32 Å². The normalized spacial score (nSPS) is 11.6. The molecule has 0 unspecified atom stereocenters. The summed E-state index contributed by atoms with van der Waals surface area (Å²) in [6, 6.07) is 12.6. The number of amides is 1. The quantitative estimate of drug-likeness (QED) is 0.827. The summed E-state index contributed by atoms with van der Waals surface area (Å²) in [5.74, 6) is -3.73. The topological polar surface area (TPSA) is 55.4 Å². The molecule has 2 aromatic rings. The fourth-order valence-electron chi connectivity index (χ4n) is 2.11. The lowest BCUT2D eigenvalue weighted by molar-refractivity contribution is -0.124. The van der Waals surface area contributed by atoms with Gasteiger partial charge in [0, 0.05) is 6.54 Å². The molecule has 0 bridgehead atoms. The van der Waals surface area contributed by atoms with Crippen LogP contribution in [0.4, 0.5) is 8.78 Å². The molecule has 4 nitrogen and oxygen atoms in total. The zero-order chi connectivity index (χ0) is 17.5. The molecule has 0 radical (unpaired) electrons. The molecule has 0 aliphatic rings. The van der Waals surface area contributed by atoms with E-state index >= 15 is 0 Å². The molecule has 126 valence electrons. The summed E-state index contributed by atoms with van der Waals surface area (Å²) in [6.07, 6.45) is 0. The maximum atomic E-state index is 13.4. The highest BCUT2D eigenvalue weighted by molar-refractivity contribution is 5.91. The molecule has 6 heteroatoms. The summed E-state index contributed by atoms with van der Waals surface area (Å²) >= 11 is 0. The summed E-state index contributed by atoms with van der Waals surface area (Å²) in [6.45, 7) is 1.69. The fraction of sp³-hybridized carbons (Fsp3) is 0.222. The second-order valence-electron chi connectivity index (χ2n) is 5.29. The summed E-state index contributed by atoms with van der Waals surface area (Å²) in [4.78, 5) is 23.4. The van der Waals surface area contributed by atoms with E-state index in [2.05, 4.69) is 10.1 Å². The number of carbonyl (C=O) groups is 2. The van der Waals surface area contributed by atoms with Gasteiger partial charge < -0.3 is 10.1 Å². The van der Waals surface area contributed by atoms with Crippen molar-refractivity contribution in [2.45, 2.75) is 12.8 Å². The van der Waals surface area contributed by atoms with Gasteiger partial charge >= 0.3 is 5.97 Å². The Morgan fingerprint density at radius 3 is 2.29 bits per heavy atom. The molecule has 24 heavy (non-hydrogen) atoms. The van der Waals surface area contributed by atoms with Crippen LogP contribution < -0.4 is 5.32 Å². The van der Waals surface area contributed by atoms with Crippen molar-refractivity contribution < 1.29 is 23.1 Å². The van der Waals surface area contributed by atoms with Crippen LogP contribution in [0.2, 0.25) is 0 Å². The third-order valence-electron chi connectivity index (χ3n) is 3.48. The van der Waals surface area contributed by atoms with Gasteiger partial charge in [-0.3, -0.25) is 4.79 Å². The molecule has 1 atom stereocenters. The molecule has 2 aromatic carbocycles. The van der Waals surface area contributed by atoms with Gasteiger partial charge in [-0.2, -0.15) is 0 Å². The van der Waals surface area contributed by atoms with Gasteiger partial charge in [-0.15, -0.1) is 0 Å². The number of benzene rings is 2. The number of halogens is 2. The number of ether oxygens (including phenoxy) is 1. The maximum absolute atomic E-state index is 13.4.